The van der Waals surface area contributed by atoms with E-state index in [-0.39, 0.29) is 22.5 Å². The number of rotatable bonds is 8. The smallest absolute Gasteiger partial charge is 0.369 e. The van der Waals surface area contributed by atoms with Gasteiger partial charge in [0.2, 0.25) is 5.28 Å². The van der Waals surface area contributed by atoms with E-state index in [4.69, 9.17) is 21.1 Å². The summed E-state index contributed by atoms with van der Waals surface area (Å²) in [5.74, 6) is 0.360. The summed E-state index contributed by atoms with van der Waals surface area (Å²) in [6, 6.07) is 0.188. The van der Waals surface area contributed by atoms with Crippen molar-refractivity contribution in [1.82, 2.24) is 25.0 Å². The molecule has 2 aromatic heterocycles. The molecule has 0 aromatic carbocycles. The summed E-state index contributed by atoms with van der Waals surface area (Å²) < 4.78 is 46.4. The van der Waals surface area contributed by atoms with Gasteiger partial charge in [-0.2, -0.15) is 14.6 Å². The summed E-state index contributed by atoms with van der Waals surface area (Å²) in [6.07, 6.45) is -1.18. The molecule has 1 saturated heterocycles. The molecule has 0 bridgehead atoms. The first-order valence-corrected chi connectivity index (χ1v) is 14.3. The molecular formula is C16H24ClN6O9PS. The Morgan fingerprint density at radius 3 is 2.56 bits per heavy atom. The van der Waals surface area contributed by atoms with Crippen molar-refractivity contribution < 1.29 is 42.5 Å². The summed E-state index contributed by atoms with van der Waals surface area (Å²) in [5.41, 5.74) is 0.377. The Balaban J connectivity index is 1.56. The molecule has 0 amide bonds. The van der Waals surface area contributed by atoms with Crippen LogP contribution >= 0.6 is 19.2 Å². The van der Waals surface area contributed by atoms with Crippen LogP contribution in [0.15, 0.2) is 0 Å². The third-order valence-corrected chi connectivity index (χ3v) is 9.32. The highest BCUT2D eigenvalue weighted by molar-refractivity contribution is 7.97. The number of hydrogen-bond donors (Lipinski definition) is 5. The topological polar surface area (TPSA) is 219 Å². The van der Waals surface area contributed by atoms with Gasteiger partial charge in [0.15, 0.2) is 33.0 Å². The summed E-state index contributed by atoms with van der Waals surface area (Å²) in [4.78, 5) is 26.8. The molecule has 5 atom stereocenters. The first-order chi connectivity index (χ1) is 15.9. The number of aliphatic hydroxyl groups excluding tert-OH is 2. The molecule has 2 aliphatic rings. The van der Waals surface area contributed by atoms with Crippen molar-refractivity contribution in [2.45, 2.75) is 61.4 Å². The monoisotopic (exact) mass is 542 g/mol. The molecule has 0 radical (unpaired) electrons. The Morgan fingerprint density at radius 1 is 1.26 bits per heavy atom. The fraction of sp³-hybridized carbons (Fsp3) is 0.750. The Labute approximate surface area is 198 Å². The van der Waals surface area contributed by atoms with Crippen LogP contribution in [0.3, 0.4) is 0 Å². The highest BCUT2D eigenvalue weighted by atomic mass is 35.5. The van der Waals surface area contributed by atoms with Crippen molar-refractivity contribution >= 4 is 46.0 Å². The van der Waals surface area contributed by atoms with Crippen LogP contribution < -0.4 is 5.32 Å². The van der Waals surface area contributed by atoms with Gasteiger partial charge >= 0.3 is 7.60 Å². The van der Waals surface area contributed by atoms with Crippen LogP contribution in [0.4, 0.5) is 5.82 Å². The predicted molar refractivity (Wildman–Crippen MR) is 117 cm³/mol. The second-order valence-electron chi connectivity index (χ2n) is 8.28. The maximum atomic E-state index is 11.7. The average Bonchev–Trinajstić information content (AvgIpc) is 3.42. The van der Waals surface area contributed by atoms with E-state index in [9.17, 15) is 33.0 Å². The predicted octanol–water partition coefficient (Wildman–Crippen LogP) is -0.629. The highest BCUT2D eigenvalue weighted by Crippen LogP contribution is 2.45. The van der Waals surface area contributed by atoms with Gasteiger partial charge in [0.25, 0.3) is 5.18 Å². The van der Waals surface area contributed by atoms with Crippen LogP contribution in [0.5, 0.6) is 0 Å². The van der Waals surface area contributed by atoms with Crippen molar-refractivity contribution in [1.29, 1.82) is 0 Å². The lowest BCUT2D eigenvalue weighted by Gasteiger charge is -2.20. The molecule has 0 spiro atoms. The Hall–Kier alpha value is -1.49. The van der Waals surface area contributed by atoms with Crippen LogP contribution in [-0.2, 0) is 23.9 Å². The van der Waals surface area contributed by atoms with Crippen LogP contribution in [0.1, 0.15) is 31.9 Å². The van der Waals surface area contributed by atoms with E-state index < -0.39 is 53.8 Å². The van der Waals surface area contributed by atoms with Gasteiger partial charge in [0.1, 0.15) is 18.3 Å². The Bertz CT molecular complexity index is 1200. The molecule has 190 valence electrons. The third kappa shape index (κ3) is 5.20. The molecule has 1 aliphatic heterocycles. The lowest BCUT2D eigenvalue weighted by atomic mass is 10.1. The number of fused-ring (bicyclic) bond motifs is 1. The quantitative estimate of drug-likeness (QED) is 0.207. The largest absolute Gasteiger partial charge is 0.387 e. The minimum atomic E-state index is -5.19. The van der Waals surface area contributed by atoms with Crippen LogP contribution in [0.2, 0.25) is 5.28 Å². The normalized spacial score (nSPS) is 27.5. The zero-order valence-electron chi connectivity index (χ0n) is 17.8. The van der Waals surface area contributed by atoms with Gasteiger partial charge in [-0.05, 0) is 24.4 Å². The minimum Gasteiger partial charge on any atom is -0.387 e. The Kier molecular flexibility index (Phi) is 7.17. The number of halogens is 1. The molecule has 1 saturated carbocycles. The first-order valence-electron chi connectivity index (χ1n) is 10.3. The van der Waals surface area contributed by atoms with Crippen molar-refractivity contribution in [2.75, 3.05) is 18.2 Å². The van der Waals surface area contributed by atoms with Gasteiger partial charge in [0.05, 0.1) is 6.61 Å². The van der Waals surface area contributed by atoms with Gasteiger partial charge in [-0.3, -0.25) is 4.57 Å². The fourth-order valence-electron chi connectivity index (χ4n) is 4.06. The summed E-state index contributed by atoms with van der Waals surface area (Å²) in [7, 11) is -9.49. The van der Waals surface area contributed by atoms with Gasteiger partial charge in [-0.1, -0.05) is 18.1 Å². The van der Waals surface area contributed by atoms with Gasteiger partial charge in [-0.25, -0.2) is 8.42 Å². The van der Waals surface area contributed by atoms with E-state index >= 15 is 0 Å². The maximum absolute atomic E-state index is 11.7. The zero-order chi connectivity index (χ0) is 24.8. The van der Waals surface area contributed by atoms with E-state index in [1.807, 2.05) is 0 Å². The number of nitrogens with zero attached hydrogens (tertiary/aromatic N) is 5. The van der Waals surface area contributed by atoms with Crippen LogP contribution in [0, 0.1) is 0 Å². The van der Waals surface area contributed by atoms with Crippen molar-refractivity contribution in [3.63, 3.8) is 0 Å². The minimum absolute atomic E-state index is 0.109. The molecule has 2 fully saturated rings. The second-order valence-corrected chi connectivity index (χ2v) is 12.7. The molecule has 2 aromatic rings. The van der Waals surface area contributed by atoms with Crippen LogP contribution in [-0.4, -0.2) is 95.8 Å². The van der Waals surface area contributed by atoms with E-state index in [1.54, 1.807) is 0 Å². The lowest BCUT2D eigenvalue weighted by Crippen LogP contribution is -2.36. The Morgan fingerprint density at radius 2 is 1.94 bits per heavy atom. The number of hydrogen-bond acceptors (Lipinski definition) is 12. The van der Waals surface area contributed by atoms with Crippen molar-refractivity contribution in [3.8, 4) is 0 Å². The molecular weight excluding hydrogens is 519 g/mol. The molecule has 5 N–H and O–H groups in total. The molecule has 1 aliphatic carbocycles. The van der Waals surface area contributed by atoms with E-state index in [0.29, 0.717) is 12.1 Å². The molecule has 15 nitrogen and oxygen atoms in total. The van der Waals surface area contributed by atoms with Gasteiger partial charge in [-0.15, -0.1) is 5.10 Å². The lowest BCUT2D eigenvalue weighted by molar-refractivity contribution is -0.0697. The summed E-state index contributed by atoms with van der Waals surface area (Å²) in [5, 5.41) is 29.6. The highest BCUT2D eigenvalue weighted by Gasteiger charge is 2.47. The summed E-state index contributed by atoms with van der Waals surface area (Å²) in [6.45, 7) is -0.742. The molecule has 3 heterocycles. The van der Waals surface area contributed by atoms with E-state index in [1.165, 1.54) is 0 Å². The number of nitrogens with one attached hydrogen (secondary N) is 1. The van der Waals surface area contributed by atoms with E-state index in [0.717, 1.165) is 30.4 Å². The fourth-order valence-corrected chi connectivity index (χ4v) is 6.82. The number of sulfone groups is 1. The van der Waals surface area contributed by atoms with Crippen molar-refractivity contribution in [3.05, 3.63) is 5.28 Å². The van der Waals surface area contributed by atoms with Gasteiger partial charge < -0.3 is 34.8 Å². The standard InChI is InChI=1S/C16H24ClN6O9PS/c1-34(29,30)16(33(26,27)28)31-6-8-10(24)11(25)14(32-8)23-13-9(21-22-23)12(19-15(17)20-13)18-7-4-2-3-5-7/h7-8,10-11,14,16,24-25H,2-6H2,1H3,(H,18,19,20)(H2,26,27,28)/t8-,10-,11-,14-,16?/m1/s1. The number of aromatic nitrogens is 5. The molecule has 4 rings (SSSR count). The van der Waals surface area contributed by atoms with Crippen LogP contribution in [0.25, 0.3) is 11.2 Å². The number of ether oxygens (including phenoxy) is 2. The van der Waals surface area contributed by atoms with E-state index in [2.05, 4.69) is 25.6 Å². The molecule has 18 heteroatoms. The number of aliphatic hydroxyl groups is 2. The third-order valence-electron chi connectivity index (χ3n) is 5.61. The molecule has 34 heavy (non-hydrogen) atoms. The van der Waals surface area contributed by atoms with Gasteiger partial charge in [0, 0.05) is 12.3 Å². The molecule has 1 unspecified atom stereocenters. The average molecular weight is 543 g/mol. The SMILES string of the molecule is CS(=O)(=O)C(OC[C@H]1O[C@@H](n2nnc3c(NC4CCCC4)nc(Cl)nc32)[C@H](O)[C@@H]1O)P(=O)(O)O. The summed E-state index contributed by atoms with van der Waals surface area (Å²) >= 11 is 6.07. The van der Waals surface area contributed by atoms with Crippen molar-refractivity contribution in [2.24, 2.45) is 0 Å². The zero-order valence-corrected chi connectivity index (χ0v) is 20.3. The second kappa shape index (κ2) is 9.52. The first kappa shape index (κ1) is 25.6. The maximum Gasteiger partial charge on any atom is 0.369 e. The number of anilines is 1.